The molecule has 2 fully saturated rings. The number of fused-ring (bicyclic) bond motifs is 2. The molecule has 3 unspecified atom stereocenters. The standard InChI is InChI=1S/C17H28N5O5PSi.C16H27N5O4Si.CH4.S9.S8/c1-10-11(7-25-28(23)24)26-16(13(10)27-29(5,6)17(2,3)4)22-9-21-12-14(18)19-8-20-15(12)22;1-9-11(25-26(5,6)16(2,3)4)14(23-15(9)24-22)21-8-20-10-12(17)18-7-19-13(10)21;;1-3-5-7-9-8-6-4-2;1-3-5-7-8-6-4-2/h8-11,13,16H,7H2,1-6H3,(H2-,18,19,20,23,24);7-9,11,14-15,22H,1-6H3,(H2,17,18,19);1H4;;/p+1/t10?,11-,13-,16-;9?,11-,14-,15-;;;/m11.../s1. The van der Waals surface area contributed by atoms with Crippen LogP contribution in [0.3, 0.4) is 0 Å². The molecule has 0 aromatic carbocycles. The summed E-state index contributed by atoms with van der Waals surface area (Å²) < 4.78 is 45.0. The molecule has 0 bridgehead atoms. The van der Waals surface area contributed by atoms with Gasteiger partial charge >= 0.3 is 8.25 Å². The Morgan fingerprint density at radius 2 is 1.03 bits per heavy atom. The Labute approximate surface area is 486 Å². The number of nitrogens with zero attached hydrogens (tertiary/aromatic N) is 8. The van der Waals surface area contributed by atoms with Gasteiger partial charge in [0.1, 0.15) is 30.3 Å². The van der Waals surface area contributed by atoms with Gasteiger partial charge in [-0.25, -0.2) is 40.0 Å². The fourth-order valence-corrected chi connectivity index (χ4v) is 33.8. The maximum absolute atomic E-state index is 11.0. The third kappa shape index (κ3) is 20.6. The van der Waals surface area contributed by atoms with Crippen LogP contribution >= 0.6 is 8.25 Å². The van der Waals surface area contributed by atoms with Crippen molar-refractivity contribution < 1.29 is 42.5 Å². The summed E-state index contributed by atoms with van der Waals surface area (Å²) in [4.78, 5) is 38.8. The fourth-order valence-electron chi connectivity index (χ4n) is 6.08. The van der Waals surface area contributed by atoms with E-state index in [0.717, 1.165) is 0 Å². The van der Waals surface area contributed by atoms with Gasteiger partial charge in [0.2, 0.25) is 0 Å². The number of anilines is 2. The summed E-state index contributed by atoms with van der Waals surface area (Å²) in [7, 11) is 13.1. The number of imidazole rings is 2. The van der Waals surface area contributed by atoms with Crippen molar-refractivity contribution in [1.29, 1.82) is 0 Å². The fraction of sp³-hybridized carbons (Fsp3) is 0.706. The molecule has 4 aromatic heterocycles. The highest BCUT2D eigenvalue weighted by atomic mass is 33.4. The Morgan fingerprint density at radius 1 is 0.658 bits per heavy atom. The summed E-state index contributed by atoms with van der Waals surface area (Å²) >= 11 is 18.5. The van der Waals surface area contributed by atoms with Crippen LogP contribution in [0.15, 0.2) is 25.3 Å². The van der Waals surface area contributed by atoms with Crippen LogP contribution in [0, 0.1) is 11.8 Å². The lowest BCUT2D eigenvalue weighted by Gasteiger charge is -2.40. The molecule has 0 amide bonds. The monoisotopic (exact) mass is 1380 g/mol. The topological polar surface area (TPSA) is 252 Å². The first-order valence-electron chi connectivity index (χ1n) is 20.6. The smallest absolute Gasteiger partial charge is 0.409 e. The first kappa shape index (κ1) is 69.8. The average Bonchev–Trinajstić information content (AvgIpc) is 4.09. The quantitative estimate of drug-likeness (QED) is 0.0582. The minimum atomic E-state index is -2.71. The Morgan fingerprint density at radius 3 is 1.38 bits per heavy atom. The van der Waals surface area contributed by atoms with Gasteiger partial charge in [0.15, 0.2) is 58.3 Å². The van der Waals surface area contributed by atoms with Crippen molar-refractivity contribution in [3.8, 4) is 0 Å². The van der Waals surface area contributed by atoms with E-state index in [1.54, 1.807) is 102 Å². The molecule has 2 aliphatic heterocycles. The van der Waals surface area contributed by atoms with Crippen LogP contribution in [0.25, 0.3) is 22.3 Å². The molecule has 0 radical (unpaired) electrons. The molecule has 0 spiro atoms. The first-order chi connectivity index (χ1) is 33.8. The highest BCUT2D eigenvalue weighted by Crippen LogP contribution is 2.46. The summed E-state index contributed by atoms with van der Waals surface area (Å²) in [5.41, 5.74) is 13.9. The third-order valence-electron chi connectivity index (χ3n) is 11.8. The molecule has 0 aliphatic carbocycles. The highest BCUT2D eigenvalue weighted by molar-refractivity contribution is 8.72. The van der Waals surface area contributed by atoms with Crippen LogP contribution < -0.4 is 11.5 Å². The zero-order chi connectivity index (χ0) is 54.0. The molecule has 4 aromatic rings. The molecule has 9 atom stereocenters. The van der Waals surface area contributed by atoms with E-state index in [-0.39, 0.29) is 48.2 Å². The maximum atomic E-state index is 11.0. The van der Waals surface area contributed by atoms with Crippen molar-refractivity contribution in [3.63, 3.8) is 0 Å². The lowest BCUT2D eigenvalue weighted by molar-refractivity contribution is -0.351. The second-order valence-corrected chi connectivity index (χ2v) is 51.3. The Kier molecular flexibility index (Phi) is 31.9. The molecular formula is C34H60N10O9PS17Si2+. The van der Waals surface area contributed by atoms with Crippen LogP contribution in [0.4, 0.5) is 11.6 Å². The van der Waals surface area contributed by atoms with Crippen molar-refractivity contribution >= 4 is 219 Å². The zero-order valence-corrected chi connectivity index (χ0v) is 57.3. The van der Waals surface area contributed by atoms with Crippen molar-refractivity contribution in [2.75, 3.05) is 18.1 Å². The van der Waals surface area contributed by atoms with Gasteiger partial charge in [-0.3, -0.25) is 9.13 Å². The summed E-state index contributed by atoms with van der Waals surface area (Å²) in [5.74, 6) is 0.326. The number of ether oxygens (including phenoxy) is 2. The number of hydrogen-bond acceptors (Lipinski definition) is 20. The van der Waals surface area contributed by atoms with Gasteiger partial charge in [-0.05, 0) is 36.3 Å². The van der Waals surface area contributed by atoms with Crippen molar-refractivity contribution in [1.82, 2.24) is 39.0 Å². The second kappa shape index (κ2) is 33.4. The molecule has 0 saturated carbocycles. The number of nitrogens with two attached hydrogens (primary N) is 2. The first-order valence-corrected chi connectivity index (χ1v) is 47.6. The highest BCUT2D eigenvalue weighted by Gasteiger charge is 2.52. The van der Waals surface area contributed by atoms with Crippen molar-refractivity contribution in [2.24, 2.45) is 11.8 Å². The van der Waals surface area contributed by atoms with Gasteiger partial charge in [-0.1, -0.05) is 62.8 Å². The predicted octanol–water partition coefficient (Wildman–Crippen LogP) is 6.37. The lowest BCUT2D eigenvalue weighted by Crippen LogP contribution is -2.46. The van der Waals surface area contributed by atoms with E-state index in [1.807, 2.05) is 13.8 Å². The van der Waals surface area contributed by atoms with Gasteiger partial charge < -0.3 is 29.8 Å². The average molecular weight is 1390 g/mol. The largest absolute Gasteiger partial charge is 0.694 e. The molecule has 39 heteroatoms. The van der Waals surface area contributed by atoms with Crippen molar-refractivity contribution in [2.45, 2.75) is 136 Å². The van der Waals surface area contributed by atoms with E-state index in [4.69, 9.17) is 39.2 Å². The van der Waals surface area contributed by atoms with E-state index in [2.05, 4.69) is 147 Å². The maximum Gasteiger partial charge on any atom is 0.694 e. The molecule has 73 heavy (non-hydrogen) atoms. The summed E-state index contributed by atoms with van der Waals surface area (Å²) in [6.45, 7) is 25.7. The normalized spacial score (nSPS) is 21.7. The van der Waals surface area contributed by atoms with E-state index in [0.29, 0.717) is 34.0 Å². The molecule has 6 N–H and O–H groups in total. The van der Waals surface area contributed by atoms with Gasteiger partial charge in [0.25, 0.3) is 0 Å². The van der Waals surface area contributed by atoms with E-state index < -0.39 is 49.7 Å². The van der Waals surface area contributed by atoms with Crippen LogP contribution in [-0.2, 0) is 193 Å². The zero-order valence-electron chi connectivity index (χ0n) is 40.5. The third-order valence-corrected chi connectivity index (χ3v) is 45.5. The number of aromatic nitrogens is 8. The molecule has 6 heterocycles. The summed E-state index contributed by atoms with van der Waals surface area (Å²) in [5, 5.41) is 9.28. The Balaban J connectivity index is 0.000000378. The van der Waals surface area contributed by atoms with Gasteiger partial charge in [-0.15, -0.1) is 9.42 Å². The SMILES string of the molecule is C.CC1[C@@H](OO)O[C@@H](n2cnc3c(N)ncnc32)[C@@H]1O[Si](C)(C)C(C)(C)C.CC1[C@@H](O[Si](C)(C)C(C)(C)C)[C@H](n2cnc3c(N)ncnc32)O[C@@H]1CO[P+](=O)O.S=S=S=S=S=S=S=S.S=S=S=S=S=S=S=S=S. The second-order valence-electron chi connectivity index (χ2n) is 18.1. The van der Waals surface area contributed by atoms with Crippen LogP contribution in [0.1, 0.15) is 75.3 Å². The summed E-state index contributed by atoms with van der Waals surface area (Å²) in [6.07, 6.45) is 3.06. The van der Waals surface area contributed by atoms with Crippen LogP contribution in [0.5, 0.6) is 0 Å². The van der Waals surface area contributed by atoms with Crippen molar-refractivity contribution in [3.05, 3.63) is 25.3 Å². The van der Waals surface area contributed by atoms with Gasteiger partial charge in [0.05, 0.1) is 31.0 Å². The van der Waals surface area contributed by atoms with Crippen LogP contribution in [0.2, 0.25) is 36.3 Å². The van der Waals surface area contributed by atoms with E-state index in [9.17, 15) is 9.82 Å². The molecule has 6 rings (SSSR count). The van der Waals surface area contributed by atoms with Gasteiger partial charge in [-0.2, -0.15) is 0 Å². The molecule has 2 saturated heterocycles. The van der Waals surface area contributed by atoms with Crippen LogP contribution in [-0.4, -0.2) is 97.0 Å². The van der Waals surface area contributed by atoms with Gasteiger partial charge in [0, 0.05) is 177 Å². The van der Waals surface area contributed by atoms with E-state index >= 15 is 0 Å². The summed E-state index contributed by atoms with van der Waals surface area (Å²) in [6, 6.07) is 0. The lowest BCUT2D eigenvalue weighted by atomic mass is 10.0. The minimum absolute atomic E-state index is 0. The Hall–Kier alpha value is 0.654. The Bertz CT molecular complexity index is 3050. The molecule has 19 nitrogen and oxygen atoms in total. The molecule has 414 valence electrons. The molecular weight excluding hydrogens is 1320 g/mol. The van der Waals surface area contributed by atoms with E-state index in [1.165, 1.54) is 48.2 Å². The predicted molar refractivity (Wildman–Crippen MR) is 341 cm³/mol. The molecule has 2 aliphatic rings. The number of rotatable bonds is 10. The number of nitrogen functional groups attached to an aromatic ring is 2. The minimum Gasteiger partial charge on any atom is -0.409 e. The number of hydrogen-bond donors (Lipinski definition) is 4.